The van der Waals surface area contributed by atoms with Crippen molar-refractivity contribution in [3.8, 4) is 11.3 Å². The van der Waals surface area contributed by atoms with E-state index in [0.29, 0.717) is 17.9 Å². The number of aryl methyl sites for hydroxylation is 3. The lowest BCUT2D eigenvalue weighted by Crippen LogP contribution is -2.25. The molecule has 100 valence electrons. The van der Waals surface area contributed by atoms with Crippen molar-refractivity contribution in [3.63, 3.8) is 0 Å². The van der Waals surface area contributed by atoms with E-state index >= 15 is 0 Å². The molecule has 0 spiro atoms. The molecule has 0 N–H and O–H groups in total. The third-order valence-corrected chi connectivity index (χ3v) is 3.66. The normalized spacial score (nSPS) is 10.7. The first-order valence-corrected chi connectivity index (χ1v) is 6.99. The summed E-state index contributed by atoms with van der Waals surface area (Å²) in [5, 5.41) is 4.41. The van der Waals surface area contributed by atoms with E-state index in [1.807, 2.05) is 19.1 Å². The number of rotatable bonds is 3. The fourth-order valence-electron chi connectivity index (χ4n) is 1.97. The van der Waals surface area contributed by atoms with Crippen molar-refractivity contribution in [1.82, 2.24) is 9.78 Å². The van der Waals surface area contributed by atoms with Crippen LogP contribution in [0.15, 0.2) is 29.1 Å². The Morgan fingerprint density at radius 1 is 1.21 bits per heavy atom. The van der Waals surface area contributed by atoms with Crippen molar-refractivity contribution in [2.24, 2.45) is 0 Å². The molecule has 0 unspecified atom stereocenters. The molecule has 0 bridgehead atoms. The highest BCUT2D eigenvalue weighted by Crippen LogP contribution is 2.20. The first kappa shape index (κ1) is 13.9. The summed E-state index contributed by atoms with van der Waals surface area (Å²) in [5.41, 5.74) is 4.98. The van der Waals surface area contributed by atoms with Gasteiger partial charge in [0.15, 0.2) is 0 Å². The van der Waals surface area contributed by atoms with E-state index in [0.717, 1.165) is 11.3 Å². The highest BCUT2D eigenvalue weighted by Gasteiger charge is 2.08. The second-order valence-corrected chi connectivity index (χ2v) is 4.95. The third kappa shape index (κ3) is 2.73. The van der Waals surface area contributed by atoms with E-state index in [2.05, 4.69) is 43.7 Å². The van der Waals surface area contributed by atoms with Crippen LogP contribution in [0.5, 0.6) is 0 Å². The van der Waals surface area contributed by atoms with Gasteiger partial charge in [0, 0.05) is 23.4 Å². The number of aromatic nitrogens is 2. The molecule has 0 aliphatic carbocycles. The summed E-state index contributed by atoms with van der Waals surface area (Å²) in [6.07, 6.45) is 0. The first-order chi connectivity index (χ1) is 9.06. The molecule has 0 fully saturated rings. The quantitative estimate of drug-likeness (QED) is 0.873. The Hall–Kier alpha value is -1.55. The molecule has 3 nitrogen and oxygen atoms in total. The maximum Gasteiger partial charge on any atom is 0.270 e. The molecule has 0 atom stereocenters. The second kappa shape index (κ2) is 5.61. The number of hydrogen-bond donors (Lipinski definition) is 1. The maximum absolute atomic E-state index is 12.0. The van der Waals surface area contributed by atoms with E-state index in [4.69, 9.17) is 0 Å². The Labute approximate surface area is 118 Å². The van der Waals surface area contributed by atoms with Crippen LogP contribution in [0.3, 0.4) is 0 Å². The van der Waals surface area contributed by atoms with E-state index in [1.54, 1.807) is 0 Å². The predicted molar refractivity (Wildman–Crippen MR) is 81.8 cm³/mol. The summed E-state index contributed by atoms with van der Waals surface area (Å²) in [5.74, 6) is 0.430. The van der Waals surface area contributed by atoms with Crippen LogP contribution < -0.4 is 5.56 Å². The fourth-order valence-corrected chi connectivity index (χ4v) is 2.19. The lowest BCUT2D eigenvalue weighted by molar-refractivity contribution is 0.614. The van der Waals surface area contributed by atoms with Crippen LogP contribution in [0.2, 0.25) is 0 Å². The maximum atomic E-state index is 12.0. The lowest BCUT2D eigenvalue weighted by atomic mass is 10.0. The Morgan fingerprint density at radius 2 is 1.95 bits per heavy atom. The number of hydrogen-bond acceptors (Lipinski definition) is 3. The number of thiol groups is 1. The number of benzene rings is 1. The molecule has 0 amide bonds. The van der Waals surface area contributed by atoms with Gasteiger partial charge in [0.05, 0.1) is 5.69 Å². The molecule has 2 rings (SSSR count). The Bertz CT molecular complexity index is 633. The topological polar surface area (TPSA) is 34.9 Å². The van der Waals surface area contributed by atoms with Gasteiger partial charge in [-0.1, -0.05) is 12.1 Å². The minimum atomic E-state index is -0.0508. The molecule has 0 aliphatic rings. The van der Waals surface area contributed by atoms with Gasteiger partial charge in [-0.05, 0) is 44.0 Å². The molecule has 1 aromatic heterocycles. The minimum Gasteiger partial charge on any atom is -0.267 e. The molecular weight excluding hydrogens is 256 g/mol. The summed E-state index contributed by atoms with van der Waals surface area (Å²) in [6, 6.07) is 8.06. The molecule has 1 heterocycles. The van der Waals surface area contributed by atoms with Crippen molar-refractivity contribution >= 4 is 12.6 Å². The van der Waals surface area contributed by atoms with E-state index in [1.165, 1.54) is 15.8 Å². The summed E-state index contributed by atoms with van der Waals surface area (Å²) in [7, 11) is 0. The SMILES string of the molecule is CCn1nc(-c2ccc(C)c(C)c2)cc(CS)c1=O. The average Bonchev–Trinajstić information content (AvgIpc) is 2.42. The van der Waals surface area contributed by atoms with Crippen molar-refractivity contribution < 1.29 is 0 Å². The van der Waals surface area contributed by atoms with Crippen LogP contribution in [0.1, 0.15) is 23.6 Å². The van der Waals surface area contributed by atoms with E-state index in [9.17, 15) is 4.79 Å². The van der Waals surface area contributed by atoms with Gasteiger partial charge < -0.3 is 0 Å². The van der Waals surface area contributed by atoms with Crippen LogP contribution in [0.4, 0.5) is 0 Å². The fraction of sp³-hybridized carbons (Fsp3) is 0.333. The summed E-state index contributed by atoms with van der Waals surface area (Å²) in [6.45, 7) is 6.64. The summed E-state index contributed by atoms with van der Waals surface area (Å²) < 4.78 is 1.50. The van der Waals surface area contributed by atoms with Gasteiger partial charge in [0.2, 0.25) is 0 Å². The smallest absolute Gasteiger partial charge is 0.267 e. The highest BCUT2D eigenvalue weighted by atomic mass is 32.1. The van der Waals surface area contributed by atoms with Gasteiger partial charge in [0.1, 0.15) is 0 Å². The van der Waals surface area contributed by atoms with Gasteiger partial charge in [0.25, 0.3) is 5.56 Å². The molecule has 0 aliphatic heterocycles. The molecule has 4 heteroatoms. The average molecular weight is 274 g/mol. The standard InChI is InChI=1S/C15H18N2OS/c1-4-17-15(18)13(9-19)8-14(16-17)12-6-5-10(2)11(3)7-12/h5-8,19H,4,9H2,1-3H3. The zero-order valence-corrected chi connectivity index (χ0v) is 12.4. The molecule has 0 radical (unpaired) electrons. The van der Waals surface area contributed by atoms with Gasteiger partial charge in [-0.25, -0.2) is 4.68 Å². The summed E-state index contributed by atoms with van der Waals surface area (Å²) in [4.78, 5) is 12.0. The van der Waals surface area contributed by atoms with Crippen molar-refractivity contribution in [2.45, 2.75) is 33.1 Å². The predicted octanol–water partition coefficient (Wildman–Crippen LogP) is 2.98. The molecule has 1 aromatic carbocycles. The highest BCUT2D eigenvalue weighted by molar-refractivity contribution is 7.79. The van der Waals surface area contributed by atoms with Crippen LogP contribution >= 0.6 is 12.6 Å². The Balaban J connectivity index is 2.61. The summed E-state index contributed by atoms with van der Waals surface area (Å²) >= 11 is 4.22. The van der Waals surface area contributed by atoms with Crippen molar-refractivity contribution in [3.05, 3.63) is 51.3 Å². The van der Waals surface area contributed by atoms with Gasteiger partial charge in [-0.2, -0.15) is 17.7 Å². The van der Waals surface area contributed by atoms with Crippen LogP contribution in [0.25, 0.3) is 11.3 Å². The van der Waals surface area contributed by atoms with Crippen molar-refractivity contribution in [2.75, 3.05) is 0 Å². The second-order valence-electron chi connectivity index (χ2n) is 4.63. The van der Waals surface area contributed by atoms with Crippen molar-refractivity contribution in [1.29, 1.82) is 0 Å². The first-order valence-electron chi connectivity index (χ1n) is 6.36. The minimum absolute atomic E-state index is 0.0508. The molecular formula is C15H18N2OS. The Morgan fingerprint density at radius 3 is 2.53 bits per heavy atom. The molecule has 2 aromatic rings. The Kier molecular flexibility index (Phi) is 4.10. The zero-order valence-electron chi connectivity index (χ0n) is 11.5. The van der Waals surface area contributed by atoms with Gasteiger partial charge in [-0.15, -0.1) is 0 Å². The van der Waals surface area contributed by atoms with Crippen LogP contribution in [0, 0.1) is 13.8 Å². The largest absolute Gasteiger partial charge is 0.270 e. The third-order valence-electron chi connectivity index (χ3n) is 3.32. The lowest BCUT2D eigenvalue weighted by Gasteiger charge is -2.09. The van der Waals surface area contributed by atoms with E-state index in [-0.39, 0.29) is 5.56 Å². The molecule has 0 saturated heterocycles. The van der Waals surface area contributed by atoms with E-state index < -0.39 is 0 Å². The van der Waals surface area contributed by atoms with Crippen LogP contribution in [-0.4, -0.2) is 9.78 Å². The van der Waals surface area contributed by atoms with Crippen LogP contribution in [-0.2, 0) is 12.3 Å². The molecule has 0 saturated carbocycles. The molecule has 19 heavy (non-hydrogen) atoms. The van der Waals surface area contributed by atoms with Gasteiger partial charge in [-0.3, -0.25) is 4.79 Å². The monoisotopic (exact) mass is 274 g/mol. The van der Waals surface area contributed by atoms with Gasteiger partial charge >= 0.3 is 0 Å². The number of nitrogens with zero attached hydrogens (tertiary/aromatic N) is 2. The zero-order chi connectivity index (χ0) is 14.0.